The molecule has 3 N–H and O–H groups in total. The number of hydrogen-bond donors (Lipinski definition) is 2. The second-order valence-electron chi connectivity index (χ2n) is 8.55. The van der Waals surface area contributed by atoms with E-state index in [1.54, 1.807) is 12.1 Å². The van der Waals surface area contributed by atoms with Crippen molar-refractivity contribution in [1.82, 2.24) is 0 Å². The Morgan fingerprint density at radius 3 is 2.55 bits per heavy atom. The van der Waals surface area contributed by atoms with Gasteiger partial charge in [0.15, 0.2) is 11.6 Å². The minimum absolute atomic E-state index is 0.0687. The topological polar surface area (TPSA) is 55.5 Å². The molecule has 4 heteroatoms. The van der Waals surface area contributed by atoms with Crippen LogP contribution in [0.15, 0.2) is 42.5 Å². The lowest BCUT2D eigenvalue weighted by Gasteiger charge is -2.34. The van der Waals surface area contributed by atoms with Gasteiger partial charge in [0.2, 0.25) is 0 Å². The number of phenolic OH excluding ortho intramolecular Hbond substituents is 1. The highest BCUT2D eigenvalue weighted by molar-refractivity contribution is 5.37. The molecule has 5 unspecified atom stereocenters. The number of phenols is 1. The molecule has 3 nitrogen and oxygen atoms in total. The summed E-state index contributed by atoms with van der Waals surface area (Å²) in [6.45, 7) is 0. The number of aromatic hydroxyl groups is 1. The number of halogens is 1. The molecule has 0 amide bonds. The fourth-order valence-corrected chi connectivity index (χ4v) is 5.18. The van der Waals surface area contributed by atoms with E-state index in [2.05, 4.69) is 5.92 Å². The molecule has 0 spiro atoms. The lowest BCUT2D eigenvalue weighted by Crippen LogP contribution is -2.35. The van der Waals surface area contributed by atoms with E-state index in [1.807, 2.05) is 24.3 Å². The van der Waals surface area contributed by atoms with Crippen molar-refractivity contribution < 1.29 is 14.2 Å². The van der Waals surface area contributed by atoms with Gasteiger partial charge < -0.3 is 15.6 Å². The number of benzene rings is 2. The van der Waals surface area contributed by atoms with Crippen LogP contribution in [0.4, 0.5) is 4.39 Å². The predicted molar refractivity (Wildman–Crippen MR) is 112 cm³/mol. The summed E-state index contributed by atoms with van der Waals surface area (Å²) in [6, 6.07) is 12.6. The van der Waals surface area contributed by atoms with Crippen LogP contribution in [0, 0.1) is 30.0 Å². The summed E-state index contributed by atoms with van der Waals surface area (Å²) in [5, 5.41) is 9.82. The van der Waals surface area contributed by atoms with Gasteiger partial charge in [-0.3, -0.25) is 0 Å². The minimum Gasteiger partial charge on any atom is -0.505 e. The van der Waals surface area contributed by atoms with Crippen LogP contribution >= 0.6 is 0 Å². The third-order valence-corrected chi connectivity index (χ3v) is 6.66. The van der Waals surface area contributed by atoms with Crippen LogP contribution in [0.2, 0.25) is 0 Å². The molecule has 2 aromatic rings. The van der Waals surface area contributed by atoms with Crippen LogP contribution in [0.5, 0.6) is 11.5 Å². The average Bonchev–Trinajstić information content (AvgIpc) is 3.14. The van der Waals surface area contributed by atoms with E-state index < -0.39 is 5.82 Å². The van der Waals surface area contributed by atoms with Gasteiger partial charge >= 0.3 is 0 Å². The minimum atomic E-state index is -0.581. The summed E-state index contributed by atoms with van der Waals surface area (Å²) in [5.74, 6) is 3.75. The Bertz CT molecular complexity index is 889. The highest BCUT2D eigenvalue weighted by Crippen LogP contribution is 2.47. The van der Waals surface area contributed by atoms with Crippen molar-refractivity contribution in [1.29, 1.82) is 0 Å². The highest BCUT2D eigenvalue weighted by Gasteiger charge is 2.42. The van der Waals surface area contributed by atoms with Crippen molar-refractivity contribution in [2.24, 2.45) is 17.6 Å². The van der Waals surface area contributed by atoms with E-state index >= 15 is 0 Å². The summed E-state index contributed by atoms with van der Waals surface area (Å²) >= 11 is 0. The number of nitrogens with two attached hydrogens (primary N) is 1. The van der Waals surface area contributed by atoms with Crippen LogP contribution in [-0.4, -0.2) is 17.3 Å². The predicted octanol–water partition coefficient (Wildman–Crippen LogP) is 4.97. The molecule has 5 atom stereocenters. The molecule has 0 heterocycles. The highest BCUT2D eigenvalue weighted by atomic mass is 19.1. The van der Waals surface area contributed by atoms with Gasteiger partial charge in [-0.05, 0) is 91.8 Å². The summed E-state index contributed by atoms with van der Waals surface area (Å²) in [6.07, 6.45) is 11.8. The normalized spacial score (nSPS) is 29.3. The van der Waals surface area contributed by atoms with Crippen molar-refractivity contribution in [2.45, 2.75) is 56.6 Å². The Balaban J connectivity index is 1.56. The van der Waals surface area contributed by atoms with Crippen LogP contribution in [0.25, 0.3) is 0 Å². The summed E-state index contributed by atoms with van der Waals surface area (Å²) < 4.78 is 20.0. The average molecular weight is 394 g/mol. The fraction of sp³-hybridized carbons (Fsp3) is 0.440. The molecule has 2 aromatic carbocycles. The zero-order valence-electron chi connectivity index (χ0n) is 16.6. The first-order chi connectivity index (χ1) is 14.0. The maximum atomic E-state index is 13.5. The van der Waals surface area contributed by atoms with Crippen molar-refractivity contribution >= 4 is 0 Å². The van der Waals surface area contributed by atoms with Gasteiger partial charge in [-0.15, -0.1) is 6.42 Å². The van der Waals surface area contributed by atoms with Crippen molar-refractivity contribution in [3.63, 3.8) is 0 Å². The van der Waals surface area contributed by atoms with E-state index in [9.17, 15) is 9.50 Å². The monoisotopic (exact) mass is 393 g/mol. The largest absolute Gasteiger partial charge is 0.505 e. The van der Waals surface area contributed by atoms with Crippen molar-refractivity contribution in [3.8, 4) is 23.8 Å². The van der Waals surface area contributed by atoms with E-state index in [4.69, 9.17) is 16.9 Å². The van der Waals surface area contributed by atoms with Gasteiger partial charge in [-0.2, -0.15) is 0 Å². The molecule has 0 bridgehead atoms. The third kappa shape index (κ3) is 4.41. The number of terminal acetylenes is 1. The van der Waals surface area contributed by atoms with E-state index in [-0.39, 0.29) is 23.8 Å². The molecule has 2 fully saturated rings. The molecular weight excluding hydrogens is 365 g/mol. The van der Waals surface area contributed by atoms with Crippen LogP contribution < -0.4 is 10.5 Å². The third-order valence-electron chi connectivity index (χ3n) is 6.66. The second-order valence-corrected chi connectivity index (χ2v) is 8.55. The molecule has 2 saturated carbocycles. The van der Waals surface area contributed by atoms with Gasteiger partial charge in [0.05, 0.1) is 0 Å². The van der Waals surface area contributed by atoms with Gasteiger partial charge in [0, 0.05) is 11.6 Å². The summed E-state index contributed by atoms with van der Waals surface area (Å²) in [4.78, 5) is 0. The van der Waals surface area contributed by atoms with Crippen LogP contribution in [0.3, 0.4) is 0 Å². The first-order valence-electron chi connectivity index (χ1n) is 10.5. The fourth-order valence-electron chi connectivity index (χ4n) is 5.18. The first-order valence-corrected chi connectivity index (χ1v) is 10.5. The van der Waals surface area contributed by atoms with Crippen LogP contribution in [-0.2, 0) is 0 Å². The SMILES string of the molecule is C#Cc1ccc(OC2CC(c3ccc(F)c(O)c3)CC2C2CCCC(N)C2)cc1. The zero-order chi connectivity index (χ0) is 20.4. The quantitative estimate of drug-likeness (QED) is 0.721. The van der Waals surface area contributed by atoms with Gasteiger partial charge in [0.1, 0.15) is 11.9 Å². The number of hydrogen-bond acceptors (Lipinski definition) is 3. The molecule has 0 radical (unpaired) electrons. The van der Waals surface area contributed by atoms with Gasteiger partial charge in [0.25, 0.3) is 0 Å². The molecule has 29 heavy (non-hydrogen) atoms. The molecule has 152 valence electrons. The molecule has 4 rings (SSSR count). The standard InChI is InChI=1S/C25H28FNO2/c1-2-16-6-9-21(10-7-16)29-25-15-19(17-8-11-23(26)24(28)14-17)13-22(25)18-4-3-5-20(27)12-18/h1,6-11,14,18-20,22,25,28H,3-5,12-13,15,27H2. The zero-order valence-corrected chi connectivity index (χ0v) is 16.6. The molecule has 0 aromatic heterocycles. The number of ether oxygens (including phenoxy) is 1. The van der Waals surface area contributed by atoms with Gasteiger partial charge in [-0.1, -0.05) is 18.4 Å². The Labute approximate surface area is 172 Å². The Kier molecular flexibility index (Phi) is 5.78. The van der Waals surface area contributed by atoms with Crippen molar-refractivity contribution in [2.75, 3.05) is 0 Å². The first kappa shape index (κ1) is 19.8. The Hall–Kier alpha value is -2.51. The maximum Gasteiger partial charge on any atom is 0.164 e. The second kappa shape index (κ2) is 8.47. The van der Waals surface area contributed by atoms with E-state index in [1.165, 1.54) is 12.5 Å². The van der Waals surface area contributed by atoms with Gasteiger partial charge in [-0.25, -0.2) is 4.39 Å². The van der Waals surface area contributed by atoms with Crippen LogP contribution in [0.1, 0.15) is 55.6 Å². The van der Waals surface area contributed by atoms with Crippen molar-refractivity contribution in [3.05, 3.63) is 59.4 Å². The molecule has 2 aliphatic rings. The van der Waals surface area contributed by atoms with E-state index in [0.29, 0.717) is 11.8 Å². The molecular formula is C25H28FNO2. The Morgan fingerprint density at radius 1 is 1.07 bits per heavy atom. The Morgan fingerprint density at radius 2 is 1.86 bits per heavy atom. The smallest absolute Gasteiger partial charge is 0.164 e. The summed E-state index contributed by atoms with van der Waals surface area (Å²) in [5.41, 5.74) is 8.08. The molecule has 0 saturated heterocycles. The lowest BCUT2D eigenvalue weighted by molar-refractivity contribution is 0.0988. The molecule has 2 aliphatic carbocycles. The lowest BCUT2D eigenvalue weighted by atomic mass is 9.76. The van der Waals surface area contributed by atoms with E-state index in [0.717, 1.165) is 49.0 Å². The number of rotatable bonds is 4. The summed E-state index contributed by atoms with van der Waals surface area (Å²) in [7, 11) is 0. The maximum absolute atomic E-state index is 13.5. The molecule has 0 aliphatic heterocycles.